The molecule has 0 bridgehead atoms. The van der Waals surface area contributed by atoms with Gasteiger partial charge in [-0.25, -0.2) is 8.42 Å². The molecule has 2 N–H and O–H groups in total. The zero-order chi connectivity index (χ0) is 20.3. The number of amides is 1. The topological polar surface area (TPSA) is 78.5 Å². The summed E-state index contributed by atoms with van der Waals surface area (Å²) in [4.78, 5) is 12.8. The van der Waals surface area contributed by atoms with Crippen molar-refractivity contribution < 1.29 is 13.2 Å². The van der Waals surface area contributed by atoms with Crippen LogP contribution in [0.1, 0.15) is 42.1 Å². The molecule has 1 heterocycles. The predicted octanol–water partition coefficient (Wildman–Crippen LogP) is 3.97. The minimum absolute atomic E-state index is 0.0400. The molecule has 1 unspecified atom stereocenters. The van der Waals surface area contributed by atoms with E-state index in [2.05, 4.69) is 10.9 Å². The van der Waals surface area contributed by atoms with Crippen LogP contribution >= 0.6 is 11.6 Å². The molecule has 0 aromatic heterocycles. The number of hydrogen-bond acceptors (Lipinski definition) is 4. The molecule has 2 aromatic carbocycles. The van der Waals surface area contributed by atoms with E-state index in [0.29, 0.717) is 28.4 Å². The van der Waals surface area contributed by atoms with E-state index < -0.39 is 15.9 Å². The van der Waals surface area contributed by atoms with E-state index in [4.69, 9.17) is 11.6 Å². The molecule has 0 spiro atoms. The number of carbonyl (C=O) groups is 1. The lowest BCUT2D eigenvalue weighted by atomic mass is 10.1. The van der Waals surface area contributed by atoms with Crippen LogP contribution in [0.2, 0.25) is 5.02 Å². The lowest BCUT2D eigenvalue weighted by Gasteiger charge is -2.32. The maximum Gasteiger partial charge on any atom is 0.269 e. The average molecular weight is 422 g/mol. The first kappa shape index (κ1) is 20.6. The summed E-state index contributed by atoms with van der Waals surface area (Å²) in [5.41, 5.74) is 7.02. The second-order valence-electron chi connectivity index (χ2n) is 7.03. The highest BCUT2D eigenvalue weighted by molar-refractivity contribution is 7.89. The van der Waals surface area contributed by atoms with Gasteiger partial charge in [0.1, 0.15) is 0 Å². The van der Waals surface area contributed by atoms with Crippen molar-refractivity contribution in [2.45, 2.75) is 44.0 Å². The van der Waals surface area contributed by atoms with Crippen LogP contribution < -0.4 is 10.9 Å². The highest BCUT2D eigenvalue weighted by Gasteiger charge is 2.31. The highest BCUT2D eigenvalue weighted by Crippen LogP contribution is 2.26. The summed E-state index contributed by atoms with van der Waals surface area (Å²) >= 11 is 5.93. The summed E-state index contributed by atoms with van der Waals surface area (Å²) in [5, 5.41) is 0.541. The van der Waals surface area contributed by atoms with Gasteiger partial charge in [0.05, 0.1) is 10.6 Å². The monoisotopic (exact) mass is 421 g/mol. The Bertz CT molecular complexity index is 978. The van der Waals surface area contributed by atoms with Crippen LogP contribution in [0.4, 0.5) is 5.69 Å². The number of nitrogens with one attached hydrogen (secondary N) is 2. The van der Waals surface area contributed by atoms with E-state index in [0.717, 1.165) is 19.3 Å². The maximum absolute atomic E-state index is 13.1. The summed E-state index contributed by atoms with van der Waals surface area (Å²) in [7, 11) is -3.64. The number of benzene rings is 2. The van der Waals surface area contributed by atoms with Gasteiger partial charge in [0.2, 0.25) is 10.0 Å². The Balaban J connectivity index is 1.81. The quantitative estimate of drug-likeness (QED) is 0.716. The van der Waals surface area contributed by atoms with Crippen LogP contribution in [0.5, 0.6) is 0 Å². The number of piperidine rings is 1. The highest BCUT2D eigenvalue weighted by atomic mass is 35.5. The van der Waals surface area contributed by atoms with Crippen molar-refractivity contribution >= 4 is 33.2 Å². The summed E-state index contributed by atoms with van der Waals surface area (Å²) < 4.78 is 27.7. The number of carbonyl (C=O) groups excluding carboxylic acids is 1. The SMILES string of the molecule is Cc1ccc(S(=O)(=O)N2CCCCC2C)cc1C(=O)NNc1cccc(Cl)c1. The Morgan fingerprint density at radius 3 is 2.68 bits per heavy atom. The third kappa shape index (κ3) is 4.48. The molecule has 2 aromatic rings. The minimum atomic E-state index is -3.64. The fraction of sp³-hybridized carbons (Fsp3) is 0.350. The molecule has 1 aliphatic rings. The van der Waals surface area contributed by atoms with Crippen LogP contribution in [0.3, 0.4) is 0 Å². The molecule has 0 radical (unpaired) electrons. The summed E-state index contributed by atoms with van der Waals surface area (Å²) in [6.07, 6.45) is 2.73. The normalized spacial score (nSPS) is 17.9. The third-order valence-corrected chi connectivity index (χ3v) is 7.19. The molecule has 1 amide bonds. The van der Waals surface area contributed by atoms with Crippen molar-refractivity contribution in [3.05, 3.63) is 58.6 Å². The van der Waals surface area contributed by atoms with Crippen molar-refractivity contribution in [3.8, 4) is 0 Å². The molecule has 8 heteroatoms. The number of anilines is 1. The standard InChI is InChI=1S/C20H24ClN3O3S/c1-14-9-10-18(28(26,27)24-11-4-3-6-15(24)2)13-19(14)20(25)23-22-17-8-5-7-16(21)12-17/h5,7-10,12-13,15,22H,3-4,6,11H2,1-2H3,(H,23,25). The Morgan fingerprint density at radius 1 is 1.18 bits per heavy atom. The number of hydrazine groups is 1. The summed E-state index contributed by atoms with van der Waals surface area (Å²) in [6.45, 7) is 4.21. The predicted molar refractivity (Wildman–Crippen MR) is 111 cm³/mol. The first-order valence-electron chi connectivity index (χ1n) is 9.23. The van der Waals surface area contributed by atoms with E-state index >= 15 is 0 Å². The first-order valence-corrected chi connectivity index (χ1v) is 11.1. The number of halogens is 1. The Labute approximate surface area is 170 Å². The molecule has 1 aliphatic heterocycles. The Kier molecular flexibility index (Phi) is 6.27. The molecule has 3 rings (SSSR count). The van der Waals surface area contributed by atoms with Crippen molar-refractivity contribution in [1.82, 2.24) is 9.73 Å². The van der Waals surface area contributed by atoms with Gasteiger partial charge in [-0.1, -0.05) is 30.2 Å². The Hall–Kier alpha value is -2.09. The van der Waals surface area contributed by atoms with Gasteiger partial charge in [-0.05, 0) is 62.6 Å². The third-order valence-electron chi connectivity index (χ3n) is 4.95. The first-order chi connectivity index (χ1) is 13.3. The molecular weight excluding hydrogens is 398 g/mol. The zero-order valence-electron chi connectivity index (χ0n) is 15.9. The molecule has 0 saturated carbocycles. The largest absolute Gasteiger partial charge is 0.298 e. The lowest BCUT2D eigenvalue weighted by molar-refractivity contribution is 0.0962. The number of nitrogens with zero attached hydrogens (tertiary/aromatic N) is 1. The molecule has 6 nitrogen and oxygen atoms in total. The molecule has 150 valence electrons. The van der Waals surface area contributed by atoms with Crippen molar-refractivity contribution in [2.75, 3.05) is 12.0 Å². The van der Waals surface area contributed by atoms with Gasteiger partial charge in [-0.15, -0.1) is 0 Å². The summed E-state index contributed by atoms with van der Waals surface area (Å²) in [6, 6.07) is 11.6. The molecule has 1 fully saturated rings. The van der Waals surface area contributed by atoms with Gasteiger partial charge < -0.3 is 0 Å². The minimum Gasteiger partial charge on any atom is -0.298 e. The van der Waals surface area contributed by atoms with Crippen LogP contribution in [0, 0.1) is 6.92 Å². The average Bonchev–Trinajstić information content (AvgIpc) is 2.66. The number of rotatable bonds is 5. The van der Waals surface area contributed by atoms with Crippen LogP contribution in [0.25, 0.3) is 0 Å². The van der Waals surface area contributed by atoms with Gasteiger partial charge in [0, 0.05) is 23.2 Å². The van der Waals surface area contributed by atoms with Gasteiger partial charge in [0.25, 0.3) is 5.91 Å². The molecule has 28 heavy (non-hydrogen) atoms. The fourth-order valence-electron chi connectivity index (χ4n) is 3.33. The van der Waals surface area contributed by atoms with Crippen molar-refractivity contribution in [1.29, 1.82) is 0 Å². The maximum atomic E-state index is 13.1. The van der Waals surface area contributed by atoms with Gasteiger partial charge in [-0.2, -0.15) is 4.31 Å². The summed E-state index contributed by atoms with van der Waals surface area (Å²) in [5.74, 6) is -0.416. The number of sulfonamides is 1. The fourth-order valence-corrected chi connectivity index (χ4v) is 5.25. The van der Waals surface area contributed by atoms with E-state index in [9.17, 15) is 13.2 Å². The Morgan fingerprint density at radius 2 is 1.96 bits per heavy atom. The second-order valence-corrected chi connectivity index (χ2v) is 9.35. The molecule has 1 saturated heterocycles. The number of hydrogen-bond donors (Lipinski definition) is 2. The molecular formula is C20H24ClN3O3S. The van der Waals surface area contributed by atoms with Crippen LogP contribution in [0.15, 0.2) is 47.4 Å². The molecule has 0 aliphatic carbocycles. The molecule has 1 atom stereocenters. The van der Waals surface area contributed by atoms with E-state index in [1.165, 1.54) is 10.4 Å². The zero-order valence-corrected chi connectivity index (χ0v) is 17.5. The lowest BCUT2D eigenvalue weighted by Crippen LogP contribution is -2.42. The van der Waals surface area contributed by atoms with Crippen LogP contribution in [-0.4, -0.2) is 31.2 Å². The van der Waals surface area contributed by atoms with Crippen LogP contribution in [-0.2, 0) is 10.0 Å². The van der Waals surface area contributed by atoms with E-state index in [1.807, 2.05) is 6.92 Å². The smallest absolute Gasteiger partial charge is 0.269 e. The van der Waals surface area contributed by atoms with Gasteiger partial charge in [0.15, 0.2) is 0 Å². The second kappa shape index (κ2) is 8.51. The number of aryl methyl sites for hydroxylation is 1. The van der Waals surface area contributed by atoms with Gasteiger partial charge in [-0.3, -0.25) is 15.6 Å². The van der Waals surface area contributed by atoms with Crippen molar-refractivity contribution in [2.24, 2.45) is 0 Å². The van der Waals surface area contributed by atoms with E-state index in [1.54, 1.807) is 43.3 Å². The van der Waals surface area contributed by atoms with Gasteiger partial charge >= 0.3 is 0 Å². The van der Waals surface area contributed by atoms with E-state index in [-0.39, 0.29) is 10.9 Å². The van der Waals surface area contributed by atoms with Crippen molar-refractivity contribution in [3.63, 3.8) is 0 Å².